The van der Waals surface area contributed by atoms with E-state index in [0.717, 1.165) is 31.2 Å². The zero-order valence-electron chi connectivity index (χ0n) is 12.4. The maximum atomic E-state index is 9.61. The Labute approximate surface area is 137 Å². The number of hydrogen-bond acceptors (Lipinski definition) is 5. The Bertz CT molecular complexity index is 820. The largest absolute Gasteiger partial charge is 0.393 e. The summed E-state index contributed by atoms with van der Waals surface area (Å²) < 4.78 is 3.78. The van der Waals surface area contributed by atoms with E-state index < -0.39 is 0 Å². The third-order valence-electron chi connectivity index (χ3n) is 4.30. The van der Waals surface area contributed by atoms with Gasteiger partial charge in [0.15, 0.2) is 5.82 Å². The standard InChI is InChI=1S/C15H17ClN6O/c16-15-19-14(12-2-1-7-22(12)20-15)18-13-8-21(9-17-13)10-3-5-11(23)6-4-10/h1-2,7-11,23H,3-6H2,(H,18,19,20). The molecule has 3 aromatic rings. The summed E-state index contributed by atoms with van der Waals surface area (Å²) in [6, 6.07) is 4.19. The Morgan fingerprint density at radius 3 is 2.91 bits per heavy atom. The number of hydrogen-bond donors (Lipinski definition) is 2. The minimum atomic E-state index is -0.154. The van der Waals surface area contributed by atoms with Crippen molar-refractivity contribution in [2.24, 2.45) is 0 Å². The van der Waals surface area contributed by atoms with Crippen LogP contribution in [0.2, 0.25) is 5.28 Å². The number of imidazole rings is 1. The summed E-state index contributed by atoms with van der Waals surface area (Å²) in [6.45, 7) is 0. The van der Waals surface area contributed by atoms with Crippen LogP contribution in [-0.4, -0.2) is 35.4 Å². The SMILES string of the molecule is OC1CCC(n2cnc(Nc3nc(Cl)nn4cccc34)c2)CC1. The normalized spacial score (nSPS) is 21.7. The quantitative estimate of drug-likeness (QED) is 0.771. The van der Waals surface area contributed by atoms with E-state index >= 15 is 0 Å². The first kappa shape index (κ1) is 14.5. The van der Waals surface area contributed by atoms with E-state index in [1.54, 1.807) is 4.52 Å². The van der Waals surface area contributed by atoms with Crippen LogP contribution < -0.4 is 5.32 Å². The molecular weight excluding hydrogens is 316 g/mol. The average Bonchev–Trinajstić information content (AvgIpc) is 3.17. The Balaban J connectivity index is 1.56. The second-order valence-electron chi connectivity index (χ2n) is 5.86. The molecule has 1 aliphatic rings. The molecule has 3 aromatic heterocycles. The number of nitrogens with zero attached hydrogens (tertiary/aromatic N) is 5. The number of rotatable bonds is 3. The van der Waals surface area contributed by atoms with Gasteiger partial charge in [-0.2, -0.15) is 4.98 Å². The van der Waals surface area contributed by atoms with E-state index in [2.05, 4.69) is 25.0 Å². The zero-order chi connectivity index (χ0) is 15.8. The van der Waals surface area contributed by atoms with Crippen LogP contribution >= 0.6 is 11.6 Å². The van der Waals surface area contributed by atoms with Crippen molar-refractivity contribution in [2.75, 3.05) is 5.32 Å². The summed E-state index contributed by atoms with van der Waals surface area (Å²) in [5, 5.41) is 17.1. The third-order valence-corrected chi connectivity index (χ3v) is 4.46. The minimum Gasteiger partial charge on any atom is -0.393 e. The van der Waals surface area contributed by atoms with Gasteiger partial charge in [0.05, 0.1) is 12.4 Å². The molecule has 7 nitrogen and oxygen atoms in total. The first-order chi connectivity index (χ1) is 11.2. The summed E-state index contributed by atoms with van der Waals surface area (Å²) >= 11 is 5.96. The van der Waals surface area contributed by atoms with Crippen molar-refractivity contribution in [3.8, 4) is 0 Å². The van der Waals surface area contributed by atoms with Crippen LogP contribution in [0.3, 0.4) is 0 Å². The molecule has 23 heavy (non-hydrogen) atoms. The lowest BCUT2D eigenvalue weighted by Crippen LogP contribution is -2.20. The molecule has 0 bridgehead atoms. The second-order valence-corrected chi connectivity index (χ2v) is 6.20. The van der Waals surface area contributed by atoms with Gasteiger partial charge in [-0.15, -0.1) is 5.10 Å². The second kappa shape index (κ2) is 5.82. The molecule has 0 amide bonds. The first-order valence-corrected chi connectivity index (χ1v) is 8.06. The van der Waals surface area contributed by atoms with Gasteiger partial charge in [0.25, 0.3) is 0 Å². The average molecular weight is 333 g/mol. The van der Waals surface area contributed by atoms with E-state index in [-0.39, 0.29) is 11.4 Å². The maximum Gasteiger partial charge on any atom is 0.243 e. The minimum absolute atomic E-state index is 0.154. The van der Waals surface area contributed by atoms with Gasteiger partial charge >= 0.3 is 0 Å². The van der Waals surface area contributed by atoms with E-state index in [1.165, 1.54) is 0 Å². The van der Waals surface area contributed by atoms with E-state index in [1.807, 2.05) is 30.9 Å². The molecule has 0 unspecified atom stereocenters. The lowest BCUT2D eigenvalue weighted by atomic mass is 9.93. The molecule has 0 aliphatic heterocycles. The van der Waals surface area contributed by atoms with Gasteiger partial charge in [-0.3, -0.25) is 0 Å². The van der Waals surface area contributed by atoms with Crippen LogP contribution in [0.1, 0.15) is 31.7 Å². The van der Waals surface area contributed by atoms with Crippen molar-refractivity contribution in [2.45, 2.75) is 37.8 Å². The van der Waals surface area contributed by atoms with Crippen molar-refractivity contribution >= 4 is 28.8 Å². The number of nitrogens with one attached hydrogen (secondary N) is 1. The molecule has 0 aromatic carbocycles. The molecule has 4 rings (SSSR count). The number of anilines is 2. The Morgan fingerprint density at radius 2 is 2.09 bits per heavy atom. The predicted molar refractivity (Wildman–Crippen MR) is 87.0 cm³/mol. The highest BCUT2D eigenvalue weighted by Crippen LogP contribution is 2.29. The van der Waals surface area contributed by atoms with Crippen LogP contribution in [0.25, 0.3) is 5.52 Å². The van der Waals surface area contributed by atoms with E-state index in [0.29, 0.717) is 17.7 Å². The molecule has 1 fully saturated rings. The van der Waals surface area contributed by atoms with Crippen molar-refractivity contribution in [3.05, 3.63) is 36.1 Å². The van der Waals surface area contributed by atoms with Crippen molar-refractivity contribution in [3.63, 3.8) is 0 Å². The fourth-order valence-corrected chi connectivity index (χ4v) is 3.24. The van der Waals surface area contributed by atoms with Crippen LogP contribution in [0.15, 0.2) is 30.9 Å². The fourth-order valence-electron chi connectivity index (χ4n) is 3.08. The molecule has 0 atom stereocenters. The lowest BCUT2D eigenvalue weighted by Gasteiger charge is -2.26. The predicted octanol–water partition coefficient (Wildman–Crippen LogP) is 2.80. The highest BCUT2D eigenvalue weighted by molar-refractivity contribution is 6.28. The summed E-state index contributed by atoms with van der Waals surface area (Å²) in [5.74, 6) is 1.34. The smallest absolute Gasteiger partial charge is 0.243 e. The molecule has 8 heteroatoms. The van der Waals surface area contributed by atoms with Gasteiger partial charge in [0, 0.05) is 18.4 Å². The molecule has 3 heterocycles. The monoisotopic (exact) mass is 332 g/mol. The van der Waals surface area contributed by atoms with Gasteiger partial charge in [-0.25, -0.2) is 9.50 Å². The number of halogens is 1. The summed E-state index contributed by atoms with van der Waals surface area (Å²) in [6.07, 6.45) is 9.09. The number of aliphatic hydroxyl groups is 1. The Hall–Kier alpha value is -2.12. The van der Waals surface area contributed by atoms with Crippen LogP contribution in [0, 0.1) is 0 Å². The van der Waals surface area contributed by atoms with E-state index in [9.17, 15) is 5.11 Å². The summed E-state index contributed by atoms with van der Waals surface area (Å²) in [4.78, 5) is 8.64. The zero-order valence-corrected chi connectivity index (χ0v) is 13.2. The Morgan fingerprint density at radius 1 is 1.26 bits per heavy atom. The van der Waals surface area contributed by atoms with Crippen molar-refractivity contribution in [1.29, 1.82) is 0 Å². The molecular formula is C15H17ClN6O. The first-order valence-electron chi connectivity index (χ1n) is 7.68. The van der Waals surface area contributed by atoms with Gasteiger partial charge in [-0.05, 0) is 49.4 Å². The lowest BCUT2D eigenvalue weighted by molar-refractivity contribution is 0.110. The van der Waals surface area contributed by atoms with Gasteiger partial charge in [0.2, 0.25) is 5.28 Å². The Kier molecular flexibility index (Phi) is 3.66. The molecule has 1 aliphatic carbocycles. The van der Waals surface area contributed by atoms with Crippen molar-refractivity contribution < 1.29 is 5.11 Å². The molecule has 120 valence electrons. The van der Waals surface area contributed by atoms with Crippen LogP contribution in [-0.2, 0) is 0 Å². The highest BCUT2D eigenvalue weighted by atomic mass is 35.5. The molecule has 0 spiro atoms. The number of aromatic nitrogens is 5. The maximum absolute atomic E-state index is 9.61. The van der Waals surface area contributed by atoms with Crippen molar-refractivity contribution in [1.82, 2.24) is 24.1 Å². The van der Waals surface area contributed by atoms with E-state index in [4.69, 9.17) is 11.6 Å². The summed E-state index contributed by atoms with van der Waals surface area (Å²) in [7, 11) is 0. The van der Waals surface area contributed by atoms with Crippen LogP contribution in [0.4, 0.5) is 11.6 Å². The van der Waals surface area contributed by atoms with Gasteiger partial charge in [-0.1, -0.05) is 0 Å². The number of fused-ring (bicyclic) bond motifs is 1. The number of aliphatic hydroxyl groups excluding tert-OH is 1. The third kappa shape index (κ3) is 2.89. The van der Waals surface area contributed by atoms with Gasteiger partial charge < -0.3 is 15.0 Å². The summed E-state index contributed by atoms with van der Waals surface area (Å²) in [5.41, 5.74) is 0.838. The van der Waals surface area contributed by atoms with Gasteiger partial charge in [0.1, 0.15) is 11.3 Å². The molecule has 0 radical (unpaired) electrons. The molecule has 1 saturated carbocycles. The highest BCUT2D eigenvalue weighted by Gasteiger charge is 2.21. The topological polar surface area (TPSA) is 80.3 Å². The fraction of sp³-hybridized carbons (Fsp3) is 0.400. The van der Waals surface area contributed by atoms with Crippen LogP contribution in [0.5, 0.6) is 0 Å². The molecule has 0 saturated heterocycles. The molecule has 2 N–H and O–H groups in total.